The van der Waals surface area contributed by atoms with Gasteiger partial charge in [0.05, 0.1) is 10.6 Å². The molecule has 0 radical (unpaired) electrons. The fraction of sp³-hybridized carbons (Fsp3) is 0.0769. The van der Waals surface area contributed by atoms with Crippen molar-refractivity contribution in [3.8, 4) is 0 Å². The van der Waals surface area contributed by atoms with Crippen molar-refractivity contribution >= 4 is 33.0 Å². The van der Waals surface area contributed by atoms with E-state index in [4.69, 9.17) is 17.3 Å². The average Bonchev–Trinajstić information content (AvgIpc) is 2.32. The van der Waals surface area contributed by atoms with Gasteiger partial charge in [0.1, 0.15) is 0 Å². The van der Waals surface area contributed by atoms with Crippen LogP contribution in [0.5, 0.6) is 0 Å². The van der Waals surface area contributed by atoms with Crippen LogP contribution in [0.4, 0.5) is 11.4 Å². The van der Waals surface area contributed by atoms with Gasteiger partial charge in [-0.15, -0.1) is 0 Å². The summed E-state index contributed by atoms with van der Waals surface area (Å²) in [6.07, 6.45) is 0. The van der Waals surface area contributed by atoms with E-state index in [0.717, 1.165) is 5.56 Å². The second-order valence-electron chi connectivity index (χ2n) is 4.13. The Hall–Kier alpha value is -1.72. The molecule has 2 aromatic rings. The summed E-state index contributed by atoms with van der Waals surface area (Å²) in [5, 5.41) is 0.462. The molecule has 0 saturated heterocycles. The van der Waals surface area contributed by atoms with E-state index in [9.17, 15) is 8.42 Å². The van der Waals surface area contributed by atoms with Crippen LogP contribution >= 0.6 is 11.6 Å². The lowest BCUT2D eigenvalue weighted by Crippen LogP contribution is -2.13. The zero-order valence-corrected chi connectivity index (χ0v) is 11.8. The van der Waals surface area contributed by atoms with Gasteiger partial charge in [-0.1, -0.05) is 23.7 Å². The molecule has 4 nitrogen and oxygen atoms in total. The highest BCUT2D eigenvalue weighted by Crippen LogP contribution is 2.21. The summed E-state index contributed by atoms with van der Waals surface area (Å²) in [6, 6.07) is 11.1. The Labute approximate surface area is 117 Å². The molecule has 0 aromatic heterocycles. The number of sulfonamides is 1. The maximum absolute atomic E-state index is 12.2. The molecule has 0 fully saturated rings. The summed E-state index contributed by atoms with van der Waals surface area (Å²) >= 11 is 5.81. The second-order valence-corrected chi connectivity index (χ2v) is 6.25. The predicted molar refractivity (Wildman–Crippen MR) is 77.9 cm³/mol. The Balaban J connectivity index is 2.35. The molecule has 100 valence electrons. The van der Waals surface area contributed by atoms with E-state index < -0.39 is 10.0 Å². The molecule has 0 atom stereocenters. The number of rotatable bonds is 3. The summed E-state index contributed by atoms with van der Waals surface area (Å²) in [5.74, 6) is 0. The first-order valence-electron chi connectivity index (χ1n) is 5.53. The summed E-state index contributed by atoms with van der Waals surface area (Å²) in [7, 11) is -3.66. The van der Waals surface area contributed by atoms with Crippen LogP contribution in [-0.2, 0) is 10.0 Å². The van der Waals surface area contributed by atoms with Crippen LogP contribution in [0.2, 0.25) is 5.02 Å². The third-order valence-electron chi connectivity index (χ3n) is 2.64. The van der Waals surface area contributed by atoms with Crippen LogP contribution in [0.3, 0.4) is 0 Å². The van der Waals surface area contributed by atoms with Crippen molar-refractivity contribution in [2.24, 2.45) is 0 Å². The fourth-order valence-electron chi connectivity index (χ4n) is 1.55. The molecule has 0 heterocycles. The van der Waals surface area contributed by atoms with Gasteiger partial charge in [-0.05, 0) is 42.8 Å². The predicted octanol–water partition coefficient (Wildman–Crippen LogP) is 3.03. The van der Waals surface area contributed by atoms with Crippen molar-refractivity contribution < 1.29 is 8.42 Å². The second kappa shape index (κ2) is 5.11. The van der Waals surface area contributed by atoms with E-state index in [1.165, 1.54) is 18.2 Å². The number of nitrogens with one attached hydrogen (secondary N) is 1. The van der Waals surface area contributed by atoms with Crippen LogP contribution in [0.15, 0.2) is 47.4 Å². The van der Waals surface area contributed by atoms with Crippen LogP contribution in [0, 0.1) is 6.92 Å². The Morgan fingerprint density at radius 2 is 1.89 bits per heavy atom. The minimum absolute atomic E-state index is 0.121. The Morgan fingerprint density at radius 3 is 2.53 bits per heavy atom. The number of nitrogen functional groups attached to an aromatic ring is 1. The highest BCUT2D eigenvalue weighted by Gasteiger charge is 2.15. The fourth-order valence-corrected chi connectivity index (χ4v) is 2.83. The zero-order valence-electron chi connectivity index (χ0n) is 10.2. The van der Waals surface area contributed by atoms with E-state index in [1.54, 1.807) is 24.3 Å². The highest BCUT2D eigenvalue weighted by molar-refractivity contribution is 7.92. The first kappa shape index (κ1) is 13.7. The van der Waals surface area contributed by atoms with E-state index in [1.807, 2.05) is 6.92 Å². The van der Waals surface area contributed by atoms with Gasteiger partial charge in [-0.25, -0.2) is 8.42 Å². The molecule has 6 heteroatoms. The topological polar surface area (TPSA) is 72.2 Å². The van der Waals surface area contributed by atoms with Crippen molar-refractivity contribution in [2.45, 2.75) is 11.8 Å². The summed E-state index contributed by atoms with van der Waals surface area (Å²) in [5.41, 5.74) is 7.40. The molecule has 0 bridgehead atoms. The molecule has 3 N–H and O–H groups in total. The van der Waals surface area contributed by atoms with Crippen LogP contribution in [0.25, 0.3) is 0 Å². The van der Waals surface area contributed by atoms with Gasteiger partial charge in [0.25, 0.3) is 10.0 Å². The van der Waals surface area contributed by atoms with Crippen LogP contribution in [0.1, 0.15) is 5.56 Å². The molecule has 0 spiro atoms. The lowest BCUT2D eigenvalue weighted by Gasteiger charge is -2.09. The van der Waals surface area contributed by atoms with Crippen LogP contribution < -0.4 is 10.5 Å². The Bertz CT molecular complexity index is 714. The monoisotopic (exact) mass is 296 g/mol. The molecular formula is C13H13ClN2O2S. The smallest absolute Gasteiger partial charge is 0.261 e. The molecule has 2 aromatic carbocycles. The summed E-state index contributed by atoms with van der Waals surface area (Å²) < 4.78 is 26.8. The van der Waals surface area contributed by atoms with Gasteiger partial charge in [-0.3, -0.25) is 4.72 Å². The zero-order chi connectivity index (χ0) is 14.0. The van der Waals surface area contributed by atoms with Gasteiger partial charge in [0.15, 0.2) is 0 Å². The molecule has 19 heavy (non-hydrogen) atoms. The number of aryl methyl sites for hydroxylation is 1. The Kier molecular flexibility index (Phi) is 3.68. The number of halogens is 1. The SMILES string of the molecule is Cc1ccc(S(=O)(=O)Nc2cccc(Cl)c2)cc1N. The van der Waals surface area contributed by atoms with Gasteiger partial charge in [0.2, 0.25) is 0 Å². The number of benzene rings is 2. The normalized spacial score (nSPS) is 11.3. The quantitative estimate of drug-likeness (QED) is 0.855. The lowest BCUT2D eigenvalue weighted by atomic mass is 10.2. The standard InChI is InChI=1S/C13H13ClN2O2S/c1-9-5-6-12(8-13(9)15)19(17,18)16-11-4-2-3-10(14)7-11/h2-8,16H,15H2,1H3. The minimum Gasteiger partial charge on any atom is -0.398 e. The van der Waals surface area contributed by atoms with Crippen LogP contribution in [-0.4, -0.2) is 8.42 Å². The number of hydrogen-bond donors (Lipinski definition) is 2. The molecule has 0 aliphatic rings. The van der Waals surface area contributed by atoms with Crippen molar-refractivity contribution in [1.82, 2.24) is 0 Å². The van der Waals surface area contributed by atoms with Crippen molar-refractivity contribution in [1.29, 1.82) is 0 Å². The minimum atomic E-state index is -3.66. The molecule has 0 unspecified atom stereocenters. The Morgan fingerprint density at radius 1 is 1.16 bits per heavy atom. The average molecular weight is 297 g/mol. The first-order chi connectivity index (χ1) is 8.88. The summed E-state index contributed by atoms with van der Waals surface area (Å²) in [4.78, 5) is 0.121. The third-order valence-corrected chi connectivity index (χ3v) is 4.25. The van der Waals surface area contributed by atoms with Crippen molar-refractivity contribution in [3.05, 3.63) is 53.1 Å². The van der Waals surface area contributed by atoms with Gasteiger partial charge in [0, 0.05) is 10.7 Å². The van der Waals surface area contributed by atoms with Gasteiger partial charge < -0.3 is 5.73 Å². The molecular weight excluding hydrogens is 284 g/mol. The lowest BCUT2D eigenvalue weighted by molar-refractivity contribution is 0.601. The molecule has 0 saturated carbocycles. The number of nitrogens with two attached hydrogens (primary N) is 1. The maximum atomic E-state index is 12.2. The maximum Gasteiger partial charge on any atom is 0.261 e. The number of hydrogen-bond acceptors (Lipinski definition) is 3. The van der Waals surface area contributed by atoms with Gasteiger partial charge in [-0.2, -0.15) is 0 Å². The highest BCUT2D eigenvalue weighted by atomic mass is 35.5. The first-order valence-corrected chi connectivity index (χ1v) is 7.39. The van der Waals surface area contributed by atoms with E-state index >= 15 is 0 Å². The van der Waals surface area contributed by atoms with E-state index in [-0.39, 0.29) is 4.90 Å². The molecule has 0 amide bonds. The molecule has 2 rings (SSSR count). The molecule has 0 aliphatic carbocycles. The van der Waals surface area contributed by atoms with Crippen molar-refractivity contribution in [3.63, 3.8) is 0 Å². The van der Waals surface area contributed by atoms with E-state index in [2.05, 4.69) is 4.72 Å². The largest absolute Gasteiger partial charge is 0.398 e. The third kappa shape index (κ3) is 3.19. The van der Waals surface area contributed by atoms with Crippen molar-refractivity contribution in [2.75, 3.05) is 10.5 Å². The number of anilines is 2. The van der Waals surface area contributed by atoms with Gasteiger partial charge >= 0.3 is 0 Å². The molecule has 0 aliphatic heterocycles. The van der Waals surface area contributed by atoms with E-state index in [0.29, 0.717) is 16.4 Å². The summed E-state index contributed by atoms with van der Waals surface area (Å²) in [6.45, 7) is 1.82.